The number of sulfonamides is 2. The average molecular weight is 268 g/mol. The summed E-state index contributed by atoms with van der Waals surface area (Å²) in [6, 6.07) is -1.20. The molecule has 0 aliphatic carbocycles. The largest absolute Gasteiger partial charge is 0.233 e. The summed E-state index contributed by atoms with van der Waals surface area (Å²) in [5, 5.41) is 1.52. The number of hydrogen-bond donors (Lipinski definition) is 2. The van der Waals surface area contributed by atoms with Crippen molar-refractivity contribution in [1.29, 1.82) is 0 Å². The highest BCUT2D eigenvalue weighted by atomic mass is 32.2. The van der Waals surface area contributed by atoms with Gasteiger partial charge in [0.25, 0.3) is 0 Å². The lowest BCUT2D eigenvalue weighted by Crippen LogP contribution is -2.47. The molecule has 0 aromatic rings. The van der Waals surface area contributed by atoms with E-state index in [2.05, 4.69) is 22.6 Å². The summed E-state index contributed by atoms with van der Waals surface area (Å²) in [7, 11) is -7.15. The second kappa shape index (κ2) is 5.58. The Morgan fingerprint density at radius 3 is 1.31 bits per heavy atom. The zero-order chi connectivity index (χ0) is 13.0. The number of rotatable bonds is 7. The van der Waals surface area contributed by atoms with E-state index in [1.54, 1.807) is 0 Å². The molecule has 0 spiro atoms. The molecule has 0 aromatic heterocycles. The van der Waals surface area contributed by atoms with E-state index in [9.17, 15) is 16.8 Å². The maximum absolute atomic E-state index is 11.1. The molecule has 0 aliphatic rings. The molecule has 0 fully saturated rings. The summed E-state index contributed by atoms with van der Waals surface area (Å²) in [5.41, 5.74) is 0. The molecule has 2 atom stereocenters. The Kier molecular flexibility index (Phi) is 5.33. The Labute approximate surface area is 96.5 Å². The molecule has 16 heavy (non-hydrogen) atoms. The summed E-state index contributed by atoms with van der Waals surface area (Å²) in [6.45, 7) is 9.34. The van der Waals surface area contributed by atoms with Crippen LogP contribution in [0.5, 0.6) is 0 Å². The fraction of sp³-hybridized carbons (Fsp3) is 0.500. The molecule has 0 aromatic carbocycles. The van der Waals surface area contributed by atoms with Crippen molar-refractivity contribution >= 4 is 20.0 Å². The molecule has 0 radical (unpaired) electrons. The highest BCUT2D eigenvalue weighted by molar-refractivity contribution is 7.92. The van der Waals surface area contributed by atoms with Crippen molar-refractivity contribution in [2.45, 2.75) is 25.9 Å². The van der Waals surface area contributed by atoms with Crippen molar-refractivity contribution in [3.05, 3.63) is 24.0 Å². The monoisotopic (exact) mass is 268 g/mol. The van der Waals surface area contributed by atoms with Gasteiger partial charge in [0.1, 0.15) is 0 Å². The first-order valence-corrected chi connectivity index (χ1v) is 7.52. The minimum absolute atomic E-state index is 0.599. The zero-order valence-electron chi connectivity index (χ0n) is 9.17. The summed E-state index contributed by atoms with van der Waals surface area (Å²) < 4.78 is 49.0. The van der Waals surface area contributed by atoms with Gasteiger partial charge in [0.15, 0.2) is 0 Å². The van der Waals surface area contributed by atoms with Crippen molar-refractivity contribution in [1.82, 2.24) is 9.44 Å². The van der Waals surface area contributed by atoms with Crippen LogP contribution >= 0.6 is 0 Å². The normalized spacial score (nSPS) is 16.4. The maximum atomic E-state index is 11.1. The molecule has 0 amide bonds. The minimum Gasteiger partial charge on any atom is -0.208 e. The maximum Gasteiger partial charge on any atom is 0.233 e. The van der Waals surface area contributed by atoms with Crippen molar-refractivity contribution in [3.8, 4) is 0 Å². The van der Waals surface area contributed by atoms with Crippen LogP contribution in [0.25, 0.3) is 0 Å². The third-order valence-electron chi connectivity index (χ3n) is 1.89. The van der Waals surface area contributed by atoms with Gasteiger partial charge in [-0.1, -0.05) is 13.2 Å². The standard InChI is InChI=1S/C8H16N2O4S2/c1-5-15(11,12)9-7(3)8(4)10-16(13,14)6-2/h5-10H,1-2H2,3-4H3/t7-,8-/m0/s1. The molecule has 0 heterocycles. The molecule has 0 saturated heterocycles. The third kappa shape index (κ3) is 5.40. The van der Waals surface area contributed by atoms with Gasteiger partial charge in [-0.15, -0.1) is 0 Å². The Morgan fingerprint density at radius 1 is 0.875 bits per heavy atom. The minimum atomic E-state index is -3.57. The van der Waals surface area contributed by atoms with E-state index in [1.165, 1.54) is 13.8 Å². The van der Waals surface area contributed by atoms with Crippen LogP contribution in [0.4, 0.5) is 0 Å². The summed E-state index contributed by atoms with van der Waals surface area (Å²) in [6.07, 6.45) is 0. The second-order valence-corrected chi connectivity index (χ2v) is 6.55. The van der Waals surface area contributed by atoms with Gasteiger partial charge in [-0.2, -0.15) is 0 Å². The lowest BCUT2D eigenvalue weighted by molar-refractivity contribution is 0.493. The molecular weight excluding hydrogens is 252 g/mol. The van der Waals surface area contributed by atoms with E-state index in [1.807, 2.05) is 0 Å². The molecule has 0 saturated carbocycles. The molecule has 0 aliphatic heterocycles. The van der Waals surface area contributed by atoms with Gasteiger partial charge in [0, 0.05) is 22.9 Å². The predicted octanol–water partition coefficient (Wildman–Crippen LogP) is -0.111. The third-order valence-corrected chi connectivity index (χ3v) is 4.17. The highest BCUT2D eigenvalue weighted by Gasteiger charge is 2.20. The van der Waals surface area contributed by atoms with Crippen LogP contribution in [0.3, 0.4) is 0 Å². The Morgan fingerprint density at radius 2 is 1.12 bits per heavy atom. The summed E-state index contributed by atoms with van der Waals surface area (Å²) >= 11 is 0. The van der Waals surface area contributed by atoms with Crippen molar-refractivity contribution < 1.29 is 16.8 Å². The summed E-state index contributed by atoms with van der Waals surface area (Å²) in [5.74, 6) is 0. The van der Waals surface area contributed by atoms with E-state index in [-0.39, 0.29) is 0 Å². The lowest BCUT2D eigenvalue weighted by atomic mass is 10.2. The first kappa shape index (κ1) is 15.3. The number of hydrogen-bond acceptors (Lipinski definition) is 4. The van der Waals surface area contributed by atoms with Crippen LogP contribution in [-0.4, -0.2) is 28.9 Å². The highest BCUT2D eigenvalue weighted by Crippen LogP contribution is 1.99. The fourth-order valence-corrected chi connectivity index (χ4v) is 2.46. The molecule has 0 unspecified atom stereocenters. The van der Waals surface area contributed by atoms with Crippen LogP contribution in [0, 0.1) is 0 Å². The quantitative estimate of drug-likeness (QED) is 0.674. The smallest absolute Gasteiger partial charge is 0.208 e. The first-order chi connectivity index (χ1) is 7.13. The molecule has 6 nitrogen and oxygen atoms in total. The van der Waals surface area contributed by atoms with Gasteiger partial charge in [0.05, 0.1) is 0 Å². The first-order valence-electron chi connectivity index (χ1n) is 4.43. The predicted molar refractivity (Wildman–Crippen MR) is 63.4 cm³/mol. The molecule has 8 heteroatoms. The van der Waals surface area contributed by atoms with Gasteiger partial charge in [0.2, 0.25) is 20.0 Å². The van der Waals surface area contributed by atoms with Crippen LogP contribution in [0.2, 0.25) is 0 Å². The van der Waals surface area contributed by atoms with E-state index in [0.717, 1.165) is 10.8 Å². The fourth-order valence-electron chi connectivity index (χ4n) is 0.819. The second-order valence-electron chi connectivity index (χ2n) is 3.24. The molecule has 0 bridgehead atoms. The SMILES string of the molecule is C=CS(=O)(=O)N[C@@H](C)[C@H](C)NS(=O)(=O)C=C. The molecule has 0 rings (SSSR count). The van der Waals surface area contributed by atoms with E-state index in [0.29, 0.717) is 0 Å². The topological polar surface area (TPSA) is 92.3 Å². The van der Waals surface area contributed by atoms with Gasteiger partial charge >= 0.3 is 0 Å². The van der Waals surface area contributed by atoms with Crippen molar-refractivity contribution in [2.24, 2.45) is 0 Å². The van der Waals surface area contributed by atoms with Gasteiger partial charge in [-0.05, 0) is 13.8 Å². The lowest BCUT2D eigenvalue weighted by Gasteiger charge is -2.20. The van der Waals surface area contributed by atoms with Crippen LogP contribution in [0.1, 0.15) is 13.8 Å². The van der Waals surface area contributed by atoms with Gasteiger partial charge in [-0.25, -0.2) is 26.3 Å². The zero-order valence-corrected chi connectivity index (χ0v) is 10.8. The number of nitrogens with one attached hydrogen (secondary N) is 2. The Balaban J connectivity index is 4.59. The van der Waals surface area contributed by atoms with Crippen LogP contribution < -0.4 is 9.44 Å². The van der Waals surface area contributed by atoms with E-state index >= 15 is 0 Å². The van der Waals surface area contributed by atoms with Crippen LogP contribution in [-0.2, 0) is 20.0 Å². The average Bonchev–Trinajstić information content (AvgIpc) is 2.16. The molecule has 94 valence electrons. The van der Waals surface area contributed by atoms with Crippen LogP contribution in [0.15, 0.2) is 24.0 Å². The van der Waals surface area contributed by atoms with Gasteiger partial charge in [-0.3, -0.25) is 0 Å². The van der Waals surface area contributed by atoms with Gasteiger partial charge < -0.3 is 0 Å². The summed E-state index contributed by atoms with van der Waals surface area (Å²) in [4.78, 5) is 0. The van der Waals surface area contributed by atoms with Crippen molar-refractivity contribution in [2.75, 3.05) is 0 Å². The Bertz CT molecular complexity index is 408. The van der Waals surface area contributed by atoms with E-state index in [4.69, 9.17) is 0 Å². The Hall–Kier alpha value is -0.700. The molecule has 2 N–H and O–H groups in total. The van der Waals surface area contributed by atoms with E-state index < -0.39 is 32.1 Å². The van der Waals surface area contributed by atoms with Crippen molar-refractivity contribution in [3.63, 3.8) is 0 Å². The molecular formula is C8H16N2O4S2.